The molecule has 1 amide bonds. The molecule has 0 aromatic carbocycles. The average molecular weight is 281 g/mol. The Bertz CT molecular complexity index is 502. The maximum Gasteiger partial charge on any atom is 0.409 e. The maximum atomic E-state index is 11.6. The molecule has 2 N–H and O–H groups in total. The molecule has 102 valence electrons. The van der Waals surface area contributed by atoms with Crippen molar-refractivity contribution in [2.75, 3.05) is 43.4 Å². The van der Waals surface area contributed by atoms with Crippen molar-refractivity contribution in [2.45, 2.75) is 6.92 Å². The summed E-state index contributed by atoms with van der Waals surface area (Å²) >= 11 is 1.18. The molecular weight excluding hydrogens is 266 g/mol. The van der Waals surface area contributed by atoms with Crippen LogP contribution >= 0.6 is 11.3 Å². The number of nitriles is 1. The molecule has 1 aliphatic rings. The number of nitrogens with zero attached hydrogens (tertiary/aromatic N) is 4. The zero-order valence-corrected chi connectivity index (χ0v) is 11.4. The van der Waals surface area contributed by atoms with Gasteiger partial charge in [-0.05, 0) is 6.92 Å². The highest BCUT2D eigenvalue weighted by atomic mass is 32.1. The first-order valence-electron chi connectivity index (χ1n) is 5.98. The lowest BCUT2D eigenvalue weighted by Gasteiger charge is -2.34. The molecule has 0 bridgehead atoms. The van der Waals surface area contributed by atoms with E-state index in [1.165, 1.54) is 11.3 Å². The van der Waals surface area contributed by atoms with Crippen LogP contribution in [0.4, 0.5) is 15.7 Å². The number of ether oxygens (including phenoxy) is 1. The van der Waals surface area contributed by atoms with E-state index in [4.69, 9.17) is 15.7 Å². The van der Waals surface area contributed by atoms with E-state index in [9.17, 15) is 4.79 Å². The molecular formula is C11H15N5O2S. The Morgan fingerprint density at radius 2 is 2.21 bits per heavy atom. The highest BCUT2D eigenvalue weighted by Gasteiger charge is 2.25. The van der Waals surface area contributed by atoms with Gasteiger partial charge in [-0.25, -0.2) is 9.78 Å². The normalized spacial score (nSPS) is 15.2. The number of thiazole rings is 1. The summed E-state index contributed by atoms with van der Waals surface area (Å²) in [6.45, 7) is 4.52. The fourth-order valence-corrected chi connectivity index (χ4v) is 2.58. The van der Waals surface area contributed by atoms with E-state index in [-0.39, 0.29) is 6.09 Å². The minimum Gasteiger partial charge on any atom is -0.450 e. The number of rotatable bonds is 2. The van der Waals surface area contributed by atoms with Crippen LogP contribution in [0.25, 0.3) is 0 Å². The lowest BCUT2D eigenvalue weighted by atomic mass is 10.3. The van der Waals surface area contributed by atoms with Crippen LogP contribution in [0, 0.1) is 11.3 Å². The molecule has 8 heteroatoms. The quantitative estimate of drug-likeness (QED) is 0.864. The van der Waals surface area contributed by atoms with Crippen molar-refractivity contribution >= 4 is 28.4 Å². The Kier molecular flexibility index (Phi) is 4.06. The highest BCUT2D eigenvalue weighted by molar-refractivity contribution is 7.16. The number of carbonyl (C=O) groups excluding carboxylic acids is 1. The predicted molar refractivity (Wildman–Crippen MR) is 72.0 cm³/mol. The van der Waals surface area contributed by atoms with Gasteiger partial charge in [0.25, 0.3) is 0 Å². The van der Waals surface area contributed by atoms with Crippen molar-refractivity contribution in [3.8, 4) is 6.07 Å². The molecule has 0 unspecified atom stereocenters. The van der Waals surface area contributed by atoms with Crippen LogP contribution in [-0.4, -0.2) is 48.8 Å². The summed E-state index contributed by atoms with van der Waals surface area (Å²) in [6.07, 6.45) is -0.291. The second kappa shape index (κ2) is 5.75. The Morgan fingerprint density at radius 3 is 2.79 bits per heavy atom. The zero-order valence-electron chi connectivity index (χ0n) is 10.6. The Balaban J connectivity index is 2.00. The Morgan fingerprint density at radius 1 is 1.53 bits per heavy atom. The van der Waals surface area contributed by atoms with Gasteiger partial charge >= 0.3 is 6.09 Å². The van der Waals surface area contributed by atoms with Crippen molar-refractivity contribution in [1.29, 1.82) is 5.26 Å². The molecule has 0 atom stereocenters. The number of aromatic nitrogens is 1. The van der Waals surface area contributed by atoms with Crippen molar-refractivity contribution in [1.82, 2.24) is 9.88 Å². The summed E-state index contributed by atoms with van der Waals surface area (Å²) in [4.78, 5) is 19.9. The lowest BCUT2D eigenvalue weighted by molar-refractivity contribution is 0.105. The summed E-state index contributed by atoms with van der Waals surface area (Å²) < 4.78 is 4.95. The summed E-state index contributed by atoms with van der Waals surface area (Å²) in [5, 5.41) is 9.41. The van der Waals surface area contributed by atoms with Gasteiger partial charge in [-0.1, -0.05) is 11.3 Å². The van der Waals surface area contributed by atoms with Crippen molar-refractivity contribution in [2.24, 2.45) is 0 Å². The summed E-state index contributed by atoms with van der Waals surface area (Å²) in [5.41, 5.74) is 5.62. The molecule has 1 aliphatic heterocycles. The van der Waals surface area contributed by atoms with Gasteiger partial charge in [-0.2, -0.15) is 5.26 Å². The molecule has 19 heavy (non-hydrogen) atoms. The fourth-order valence-electron chi connectivity index (χ4n) is 1.93. The molecule has 1 aromatic heterocycles. The molecule has 1 saturated heterocycles. The van der Waals surface area contributed by atoms with Crippen LogP contribution in [0.5, 0.6) is 0 Å². The number of nitrogens with two attached hydrogens (primary N) is 1. The topological polar surface area (TPSA) is 95.5 Å². The van der Waals surface area contributed by atoms with Gasteiger partial charge in [0, 0.05) is 26.2 Å². The van der Waals surface area contributed by atoms with Gasteiger partial charge in [-0.15, -0.1) is 0 Å². The van der Waals surface area contributed by atoms with E-state index in [0.717, 1.165) is 0 Å². The molecule has 0 spiro atoms. The van der Waals surface area contributed by atoms with Gasteiger partial charge in [0.1, 0.15) is 6.07 Å². The monoisotopic (exact) mass is 281 g/mol. The molecule has 0 saturated carbocycles. The second-order valence-corrected chi connectivity index (χ2v) is 5.02. The second-order valence-electron chi connectivity index (χ2n) is 3.99. The van der Waals surface area contributed by atoms with E-state index in [1.807, 2.05) is 4.90 Å². The minimum absolute atomic E-state index is 0.291. The fraction of sp³-hybridized carbons (Fsp3) is 0.545. The first kappa shape index (κ1) is 13.4. The number of nitrogen functional groups attached to an aromatic ring is 1. The third-order valence-corrected chi connectivity index (χ3v) is 3.61. The number of hydrogen-bond acceptors (Lipinski definition) is 7. The Labute approximate surface area is 115 Å². The van der Waals surface area contributed by atoms with E-state index >= 15 is 0 Å². The van der Waals surface area contributed by atoms with Gasteiger partial charge < -0.3 is 20.3 Å². The first-order chi connectivity index (χ1) is 9.15. The zero-order chi connectivity index (χ0) is 13.8. The van der Waals surface area contributed by atoms with Gasteiger partial charge in [0.15, 0.2) is 15.8 Å². The highest BCUT2D eigenvalue weighted by Crippen LogP contribution is 2.27. The van der Waals surface area contributed by atoms with Crippen LogP contribution in [-0.2, 0) is 4.74 Å². The number of hydrogen-bond donors (Lipinski definition) is 1. The maximum absolute atomic E-state index is 11.6. The van der Waals surface area contributed by atoms with Gasteiger partial charge in [0.2, 0.25) is 0 Å². The number of amides is 1. The third kappa shape index (κ3) is 2.88. The van der Waals surface area contributed by atoms with Crippen molar-refractivity contribution in [3.63, 3.8) is 0 Å². The van der Waals surface area contributed by atoms with Crippen molar-refractivity contribution in [3.05, 3.63) is 4.88 Å². The van der Waals surface area contributed by atoms with E-state index in [0.29, 0.717) is 48.6 Å². The van der Waals surface area contributed by atoms with E-state index < -0.39 is 0 Å². The molecule has 0 aliphatic carbocycles. The largest absolute Gasteiger partial charge is 0.450 e. The number of piperazine rings is 1. The SMILES string of the molecule is CCOC(=O)N1CCN(c2nc(N)sc2C#N)CC1. The standard InChI is InChI=1S/C11H15N5O2S/c1-2-18-11(17)16-5-3-15(4-6-16)9-8(7-12)19-10(13)14-9/h2-6H2,1H3,(H2,13,14). The smallest absolute Gasteiger partial charge is 0.409 e. The summed E-state index contributed by atoms with van der Waals surface area (Å²) in [6, 6.07) is 2.10. The van der Waals surface area contributed by atoms with Crippen LogP contribution in [0.2, 0.25) is 0 Å². The van der Waals surface area contributed by atoms with E-state index in [2.05, 4.69) is 11.1 Å². The number of anilines is 2. The molecule has 2 heterocycles. The molecule has 0 radical (unpaired) electrons. The molecule has 1 fully saturated rings. The van der Waals surface area contributed by atoms with Gasteiger partial charge in [-0.3, -0.25) is 0 Å². The first-order valence-corrected chi connectivity index (χ1v) is 6.80. The molecule has 7 nitrogen and oxygen atoms in total. The van der Waals surface area contributed by atoms with Crippen LogP contribution in [0.3, 0.4) is 0 Å². The lowest BCUT2D eigenvalue weighted by Crippen LogP contribution is -2.49. The number of carbonyl (C=O) groups is 1. The van der Waals surface area contributed by atoms with Gasteiger partial charge in [0.05, 0.1) is 6.61 Å². The van der Waals surface area contributed by atoms with Crippen LogP contribution in [0.1, 0.15) is 11.8 Å². The Hall–Kier alpha value is -2.01. The summed E-state index contributed by atoms with van der Waals surface area (Å²) in [7, 11) is 0. The minimum atomic E-state index is -0.291. The predicted octanol–water partition coefficient (Wildman–Crippen LogP) is 0.875. The van der Waals surface area contributed by atoms with Crippen LogP contribution in [0.15, 0.2) is 0 Å². The van der Waals surface area contributed by atoms with Crippen molar-refractivity contribution < 1.29 is 9.53 Å². The molecule has 2 rings (SSSR count). The summed E-state index contributed by atoms with van der Waals surface area (Å²) in [5.74, 6) is 0.619. The third-order valence-electron chi connectivity index (χ3n) is 2.83. The van der Waals surface area contributed by atoms with E-state index in [1.54, 1.807) is 11.8 Å². The van der Waals surface area contributed by atoms with Crippen LogP contribution < -0.4 is 10.6 Å². The average Bonchev–Trinajstić information content (AvgIpc) is 2.80. The molecule has 1 aromatic rings.